The number of fused-ring (bicyclic) bond motifs is 1. The van der Waals surface area contributed by atoms with Gasteiger partial charge in [-0.05, 0) is 68.0 Å². The highest BCUT2D eigenvalue weighted by molar-refractivity contribution is 6.74. The molecule has 1 saturated heterocycles. The average molecular weight is 429 g/mol. The van der Waals surface area contributed by atoms with Gasteiger partial charge in [0.05, 0.1) is 11.7 Å². The van der Waals surface area contributed by atoms with Crippen LogP contribution in [0.3, 0.4) is 0 Å². The number of hydrogen-bond acceptors (Lipinski definition) is 4. The molecule has 3 aliphatic carbocycles. The summed E-state index contributed by atoms with van der Waals surface area (Å²) in [7, 11) is -1.86. The standard InChI is InChI=1S/C25H36O4Si/c1-22(2,3)30(5,6)28-20-8-7-19-23(20,4)11-9-16-15-17-21(27)18(26)10-12-24(17)13-14-25(16,19)29-24/h9-10,12,15,19-21,27H,7-8,11,13-14H2,1-6H3/t19-,20?,21-,23+,24+,25-/m1/s1. The SMILES string of the molecule is CC(C)(C)[Si](C)(C)OC1CC[C@H]2[C@@]34CC[C@]5(C=CC(=O)[C@H](O)C5=CC3=CC[C@]12C)O4. The molecule has 30 heavy (non-hydrogen) atoms. The Morgan fingerprint density at radius 3 is 2.67 bits per heavy atom. The summed E-state index contributed by atoms with van der Waals surface area (Å²) in [4.78, 5) is 12.1. The predicted octanol–water partition coefficient (Wildman–Crippen LogP) is 4.85. The molecule has 2 heterocycles. The minimum Gasteiger partial charge on any atom is -0.413 e. The fourth-order valence-electron chi connectivity index (χ4n) is 6.58. The number of allylic oxidation sites excluding steroid dienone is 1. The van der Waals surface area contributed by atoms with Gasteiger partial charge in [0, 0.05) is 16.9 Å². The van der Waals surface area contributed by atoms with E-state index in [1.54, 1.807) is 0 Å². The Balaban J connectivity index is 1.53. The van der Waals surface area contributed by atoms with Gasteiger partial charge in [0.2, 0.25) is 0 Å². The fourth-order valence-corrected chi connectivity index (χ4v) is 8.03. The van der Waals surface area contributed by atoms with E-state index < -0.39 is 20.0 Å². The van der Waals surface area contributed by atoms with E-state index in [2.05, 4.69) is 52.9 Å². The summed E-state index contributed by atoms with van der Waals surface area (Å²) in [6, 6.07) is 0. The molecular weight excluding hydrogens is 392 g/mol. The minimum atomic E-state index is -1.86. The number of carbonyl (C=O) groups is 1. The lowest BCUT2D eigenvalue weighted by Gasteiger charge is -2.54. The van der Waals surface area contributed by atoms with Crippen molar-refractivity contribution in [1.82, 2.24) is 0 Å². The van der Waals surface area contributed by atoms with Crippen LogP contribution in [0.2, 0.25) is 18.1 Å². The van der Waals surface area contributed by atoms with Gasteiger partial charge in [0.25, 0.3) is 0 Å². The third-order valence-corrected chi connectivity index (χ3v) is 13.9. The van der Waals surface area contributed by atoms with E-state index in [1.165, 1.54) is 11.6 Å². The van der Waals surface area contributed by atoms with Crippen LogP contribution in [0.5, 0.6) is 0 Å². The van der Waals surface area contributed by atoms with E-state index in [9.17, 15) is 9.90 Å². The highest BCUT2D eigenvalue weighted by Crippen LogP contribution is 2.66. The maximum Gasteiger partial charge on any atom is 0.192 e. The first kappa shape index (κ1) is 20.9. The van der Waals surface area contributed by atoms with Crippen molar-refractivity contribution in [3.8, 4) is 0 Å². The zero-order valence-electron chi connectivity index (χ0n) is 19.2. The first-order chi connectivity index (χ1) is 13.8. The lowest BCUT2D eigenvalue weighted by molar-refractivity contribution is -0.135. The molecule has 6 atom stereocenters. The molecule has 1 unspecified atom stereocenters. The molecule has 1 N–H and O–H groups in total. The Morgan fingerprint density at radius 2 is 1.97 bits per heavy atom. The number of rotatable bonds is 2. The largest absolute Gasteiger partial charge is 0.413 e. The van der Waals surface area contributed by atoms with Crippen molar-refractivity contribution in [1.29, 1.82) is 0 Å². The number of ketones is 1. The molecule has 2 aliphatic heterocycles. The molecule has 5 rings (SSSR count). The van der Waals surface area contributed by atoms with Crippen molar-refractivity contribution in [2.45, 2.75) is 101 Å². The van der Waals surface area contributed by atoms with Gasteiger partial charge < -0.3 is 14.3 Å². The van der Waals surface area contributed by atoms with E-state index in [0.29, 0.717) is 5.92 Å². The molecule has 0 amide bonds. The van der Waals surface area contributed by atoms with Crippen LogP contribution in [-0.4, -0.2) is 42.6 Å². The normalized spacial score (nSPS) is 44.9. The number of carbonyl (C=O) groups excluding carboxylic acids is 1. The van der Waals surface area contributed by atoms with Gasteiger partial charge in [-0.3, -0.25) is 4.79 Å². The highest BCUT2D eigenvalue weighted by atomic mass is 28.4. The van der Waals surface area contributed by atoms with Crippen LogP contribution in [0.15, 0.2) is 35.5 Å². The van der Waals surface area contributed by atoms with Crippen molar-refractivity contribution in [3.63, 3.8) is 0 Å². The molecule has 164 valence electrons. The number of aliphatic hydroxyl groups excluding tert-OH is 1. The van der Waals surface area contributed by atoms with Gasteiger partial charge in [-0.25, -0.2) is 0 Å². The number of ether oxygens (including phenoxy) is 1. The molecule has 0 aromatic rings. The van der Waals surface area contributed by atoms with E-state index in [1.807, 2.05) is 6.08 Å². The fraction of sp³-hybridized carbons (Fsp3) is 0.720. The molecule has 2 bridgehead atoms. The molecule has 1 saturated carbocycles. The van der Waals surface area contributed by atoms with Gasteiger partial charge in [0.1, 0.15) is 11.7 Å². The van der Waals surface area contributed by atoms with Gasteiger partial charge >= 0.3 is 0 Å². The monoisotopic (exact) mass is 428 g/mol. The summed E-state index contributed by atoms with van der Waals surface area (Å²) in [5, 5.41) is 10.8. The molecule has 0 aromatic heterocycles. The summed E-state index contributed by atoms with van der Waals surface area (Å²) >= 11 is 0. The first-order valence-electron chi connectivity index (χ1n) is 11.6. The van der Waals surface area contributed by atoms with Crippen molar-refractivity contribution in [3.05, 3.63) is 35.5 Å². The molecule has 0 radical (unpaired) electrons. The summed E-state index contributed by atoms with van der Waals surface area (Å²) in [5.74, 6) is 0.167. The van der Waals surface area contributed by atoms with E-state index in [0.717, 1.165) is 37.7 Å². The van der Waals surface area contributed by atoms with Crippen LogP contribution in [0.4, 0.5) is 0 Å². The summed E-state index contributed by atoms with van der Waals surface area (Å²) in [6.45, 7) is 14.1. The first-order valence-corrected chi connectivity index (χ1v) is 14.5. The smallest absolute Gasteiger partial charge is 0.192 e. The van der Waals surface area contributed by atoms with E-state index >= 15 is 0 Å². The molecule has 4 nitrogen and oxygen atoms in total. The maximum atomic E-state index is 12.1. The second kappa shape index (κ2) is 6.06. The van der Waals surface area contributed by atoms with Gasteiger partial charge in [0.15, 0.2) is 14.1 Å². The van der Waals surface area contributed by atoms with Gasteiger partial charge in [-0.1, -0.05) is 39.8 Å². The third kappa shape index (κ3) is 2.52. The topological polar surface area (TPSA) is 55.8 Å². The Bertz CT molecular complexity index is 893. The van der Waals surface area contributed by atoms with Crippen LogP contribution in [-0.2, 0) is 14.0 Å². The molecule has 2 fully saturated rings. The second-order valence-corrected chi connectivity index (χ2v) is 16.7. The predicted molar refractivity (Wildman–Crippen MR) is 120 cm³/mol. The number of aliphatic hydroxyl groups is 1. The van der Waals surface area contributed by atoms with Crippen LogP contribution in [0.1, 0.15) is 59.8 Å². The maximum absolute atomic E-state index is 12.1. The Hall–Kier alpha value is -1.01. The second-order valence-electron chi connectivity index (χ2n) is 12.0. The summed E-state index contributed by atoms with van der Waals surface area (Å²) in [6.07, 6.45) is 12.0. The number of hydrogen-bond donors (Lipinski definition) is 1. The lowest BCUT2D eigenvalue weighted by atomic mass is 9.60. The Labute approximate surface area is 181 Å². The van der Waals surface area contributed by atoms with Gasteiger partial charge in [-0.15, -0.1) is 0 Å². The molecule has 0 aromatic carbocycles. The Kier molecular flexibility index (Phi) is 4.22. The third-order valence-electron chi connectivity index (χ3n) is 9.42. The molecule has 2 spiro atoms. The van der Waals surface area contributed by atoms with Crippen LogP contribution < -0.4 is 0 Å². The van der Waals surface area contributed by atoms with Crippen molar-refractivity contribution in [2.24, 2.45) is 11.3 Å². The molecule has 5 aliphatic rings. The molecule has 5 heteroatoms. The minimum absolute atomic E-state index is 0.0582. The van der Waals surface area contributed by atoms with Gasteiger partial charge in [-0.2, -0.15) is 0 Å². The summed E-state index contributed by atoms with van der Waals surface area (Å²) in [5.41, 5.74) is 1.06. The van der Waals surface area contributed by atoms with Crippen molar-refractivity contribution < 1.29 is 19.1 Å². The Morgan fingerprint density at radius 1 is 1.23 bits per heavy atom. The van der Waals surface area contributed by atoms with E-state index in [4.69, 9.17) is 9.16 Å². The van der Waals surface area contributed by atoms with Crippen molar-refractivity contribution in [2.75, 3.05) is 0 Å². The van der Waals surface area contributed by atoms with Crippen LogP contribution >= 0.6 is 0 Å². The lowest BCUT2D eigenvalue weighted by Crippen LogP contribution is -2.56. The highest BCUT2D eigenvalue weighted by Gasteiger charge is 2.67. The zero-order valence-corrected chi connectivity index (χ0v) is 20.2. The van der Waals surface area contributed by atoms with E-state index in [-0.39, 0.29) is 27.9 Å². The van der Waals surface area contributed by atoms with Crippen LogP contribution in [0, 0.1) is 11.3 Å². The zero-order chi connectivity index (χ0) is 21.7. The molecular formula is C25H36O4Si. The van der Waals surface area contributed by atoms with Crippen molar-refractivity contribution >= 4 is 14.1 Å². The quantitative estimate of drug-likeness (QED) is 0.639. The van der Waals surface area contributed by atoms with Crippen LogP contribution in [0.25, 0.3) is 0 Å². The summed E-state index contributed by atoms with van der Waals surface area (Å²) < 4.78 is 13.9. The average Bonchev–Trinajstić information content (AvgIpc) is 3.14.